The molecule has 0 aromatic heterocycles. The van der Waals surface area contributed by atoms with Crippen LogP contribution in [0.5, 0.6) is 5.75 Å². The highest BCUT2D eigenvalue weighted by Crippen LogP contribution is 2.28. The molecule has 112 valence electrons. The molecule has 2 aromatic rings. The topological polar surface area (TPSA) is 9.23 Å². The fourth-order valence-corrected chi connectivity index (χ4v) is 2.16. The lowest BCUT2D eigenvalue weighted by Gasteiger charge is -2.17. The Bertz CT molecular complexity index is 593. The predicted molar refractivity (Wildman–Crippen MR) is 74.8 cm³/mol. The second-order valence-electron chi connectivity index (χ2n) is 4.40. The highest BCUT2D eigenvalue weighted by molar-refractivity contribution is 7.80. The van der Waals surface area contributed by atoms with Crippen LogP contribution in [0.15, 0.2) is 36.4 Å². The third-order valence-electron chi connectivity index (χ3n) is 2.99. The number of ether oxygens (including phenoxy) is 1. The lowest BCUT2D eigenvalue weighted by molar-refractivity contribution is 0.258. The van der Waals surface area contributed by atoms with Crippen molar-refractivity contribution in [3.05, 3.63) is 65.2 Å². The van der Waals surface area contributed by atoms with Crippen molar-refractivity contribution < 1.29 is 22.3 Å². The summed E-state index contributed by atoms with van der Waals surface area (Å²) in [6.45, 7) is -0.149. The van der Waals surface area contributed by atoms with Gasteiger partial charge in [-0.1, -0.05) is 30.3 Å². The molecule has 0 fully saturated rings. The van der Waals surface area contributed by atoms with Crippen molar-refractivity contribution in [2.24, 2.45) is 0 Å². The van der Waals surface area contributed by atoms with Crippen molar-refractivity contribution in [3.8, 4) is 5.75 Å². The van der Waals surface area contributed by atoms with Crippen LogP contribution in [0.2, 0.25) is 0 Å². The smallest absolute Gasteiger partial charge is 0.203 e. The predicted octanol–water partition coefficient (Wildman–Crippen LogP) is 4.34. The molecule has 0 spiro atoms. The van der Waals surface area contributed by atoms with Gasteiger partial charge in [-0.2, -0.15) is 21.4 Å². The Hall–Kier alpha value is -1.69. The molecule has 0 saturated carbocycles. The van der Waals surface area contributed by atoms with Crippen molar-refractivity contribution >= 4 is 12.6 Å². The summed E-state index contributed by atoms with van der Waals surface area (Å²) in [4.78, 5) is 0. The molecule has 6 heteroatoms. The zero-order valence-corrected chi connectivity index (χ0v) is 11.7. The van der Waals surface area contributed by atoms with E-state index in [9.17, 15) is 17.6 Å². The number of rotatable bonds is 5. The van der Waals surface area contributed by atoms with Crippen LogP contribution in [-0.2, 0) is 0 Å². The maximum absolute atomic E-state index is 13.5. The monoisotopic (exact) mass is 316 g/mol. The van der Waals surface area contributed by atoms with Gasteiger partial charge < -0.3 is 4.74 Å². The van der Waals surface area contributed by atoms with E-state index in [1.54, 1.807) is 12.1 Å². The van der Waals surface area contributed by atoms with Gasteiger partial charge in [0.1, 0.15) is 0 Å². The quantitative estimate of drug-likeness (QED) is 0.490. The van der Waals surface area contributed by atoms with E-state index in [4.69, 9.17) is 4.74 Å². The third kappa shape index (κ3) is 3.50. The number of halogens is 4. The Morgan fingerprint density at radius 3 is 2.05 bits per heavy atom. The van der Waals surface area contributed by atoms with Crippen LogP contribution >= 0.6 is 12.6 Å². The standard InChI is InChI=1S/C15H12F4OS/c16-11-6-12(17)14(19)15(13(11)18)20-7-10(8-21)9-4-2-1-3-5-9/h1-6,10,21H,7-8H2. The molecule has 0 aliphatic carbocycles. The number of hydrogen-bond acceptors (Lipinski definition) is 2. The molecule has 21 heavy (non-hydrogen) atoms. The van der Waals surface area contributed by atoms with Gasteiger partial charge in [-0.15, -0.1) is 0 Å². The Labute approximate surface area is 125 Å². The molecule has 0 heterocycles. The van der Waals surface area contributed by atoms with Gasteiger partial charge in [-0.3, -0.25) is 0 Å². The summed E-state index contributed by atoms with van der Waals surface area (Å²) in [7, 11) is 0. The van der Waals surface area contributed by atoms with Crippen LogP contribution in [0.25, 0.3) is 0 Å². The molecule has 0 aliphatic rings. The van der Waals surface area contributed by atoms with E-state index in [0.29, 0.717) is 5.75 Å². The number of thiol groups is 1. The summed E-state index contributed by atoms with van der Waals surface area (Å²) >= 11 is 4.15. The van der Waals surface area contributed by atoms with Crippen LogP contribution in [0, 0.1) is 23.3 Å². The van der Waals surface area contributed by atoms with Gasteiger partial charge in [-0.05, 0) is 5.56 Å². The number of hydrogen-bond donors (Lipinski definition) is 1. The first-order chi connectivity index (χ1) is 10.0. The first kappa shape index (κ1) is 15.7. The van der Waals surface area contributed by atoms with Crippen LogP contribution in [0.1, 0.15) is 11.5 Å². The van der Waals surface area contributed by atoms with E-state index in [2.05, 4.69) is 12.6 Å². The van der Waals surface area contributed by atoms with Crippen molar-refractivity contribution in [2.45, 2.75) is 5.92 Å². The van der Waals surface area contributed by atoms with E-state index < -0.39 is 29.0 Å². The Morgan fingerprint density at radius 1 is 0.952 bits per heavy atom. The second-order valence-corrected chi connectivity index (χ2v) is 4.76. The average molecular weight is 316 g/mol. The van der Waals surface area contributed by atoms with Crippen LogP contribution in [0.4, 0.5) is 17.6 Å². The van der Waals surface area contributed by atoms with Crippen LogP contribution < -0.4 is 4.74 Å². The molecule has 0 amide bonds. The summed E-state index contributed by atoms with van der Waals surface area (Å²) in [5.74, 6) is -7.03. The molecule has 0 bridgehead atoms. The van der Waals surface area contributed by atoms with E-state index in [-0.39, 0.29) is 18.6 Å². The van der Waals surface area contributed by atoms with Gasteiger partial charge in [0.25, 0.3) is 0 Å². The van der Waals surface area contributed by atoms with Crippen LogP contribution in [0.3, 0.4) is 0 Å². The van der Waals surface area contributed by atoms with E-state index in [0.717, 1.165) is 5.56 Å². The van der Waals surface area contributed by atoms with Gasteiger partial charge in [-0.25, -0.2) is 8.78 Å². The maximum Gasteiger partial charge on any atom is 0.203 e. The highest BCUT2D eigenvalue weighted by Gasteiger charge is 2.22. The molecular weight excluding hydrogens is 304 g/mol. The normalized spacial score (nSPS) is 12.2. The molecule has 2 aromatic carbocycles. The molecule has 0 N–H and O–H groups in total. The Balaban J connectivity index is 2.19. The summed E-state index contributed by atoms with van der Waals surface area (Å²) < 4.78 is 58.0. The molecular formula is C15H12F4OS. The molecule has 0 saturated heterocycles. The summed E-state index contributed by atoms with van der Waals surface area (Å²) in [5.41, 5.74) is 0.852. The summed E-state index contributed by atoms with van der Waals surface area (Å²) in [6.07, 6.45) is 0. The maximum atomic E-state index is 13.5. The summed E-state index contributed by atoms with van der Waals surface area (Å²) in [5, 5.41) is 0. The van der Waals surface area contributed by atoms with Gasteiger partial charge in [0.2, 0.25) is 11.6 Å². The van der Waals surface area contributed by atoms with Crippen molar-refractivity contribution in [2.75, 3.05) is 12.4 Å². The Morgan fingerprint density at radius 2 is 1.52 bits per heavy atom. The molecule has 0 aliphatic heterocycles. The minimum atomic E-state index is -1.54. The van der Waals surface area contributed by atoms with Crippen molar-refractivity contribution in [1.29, 1.82) is 0 Å². The largest absolute Gasteiger partial charge is 0.487 e. The van der Waals surface area contributed by atoms with Gasteiger partial charge >= 0.3 is 0 Å². The molecule has 0 radical (unpaired) electrons. The van der Waals surface area contributed by atoms with E-state index >= 15 is 0 Å². The minimum Gasteiger partial charge on any atom is -0.487 e. The minimum absolute atomic E-state index is 0.144. The van der Waals surface area contributed by atoms with Crippen LogP contribution in [-0.4, -0.2) is 12.4 Å². The zero-order valence-electron chi connectivity index (χ0n) is 10.8. The average Bonchev–Trinajstić information content (AvgIpc) is 2.50. The van der Waals surface area contributed by atoms with E-state index in [1.807, 2.05) is 18.2 Å². The SMILES string of the molecule is Fc1cc(F)c(F)c(OCC(CS)c2ccccc2)c1F. The van der Waals surface area contributed by atoms with Crippen molar-refractivity contribution in [3.63, 3.8) is 0 Å². The molecule has 2 rings (SSSR count). The summed E-state index contributed by atoms with van der Waals surface area (Å²) in [6, 6.07) is 9.18. The fraction of sp³-hybridized carbons (Fsp3) is 0.200. The number of benzene rings is 2. The van der Waals surface area contributed by atoms with Crippen molar-refractivity contribution in [1.82, 2.24) is 0 Å². The zero-order chi connectivity index (χ0) is 15.4. The van der Waals surface area contributed by atoms with E-state index in [1.165, 1.54) is 0 Å². The van der Waals surface area contributed by atoms with Gasteiger partial charge in [0.05, 0.1) is 6.61 Å². The van der Waals surface area contributed by atoms with Gasteiger partial charge in [0, 0.05) is 17.7 Å². The molecule has 1 unspecified atom stereocenters. The first-order valence-corrected chi connectivity index (χ1v) is 6.79. The first-order valence-electron chi connectivity index (χ1n) is 6.16. The molecule has 1 nitrogen and oxygen atoms in total. The molecule has 1 atom stereocenters. The second kappa shape index (κ2) is 6.85. The Kier molecular flexibility index (Phi) is 5.12. The highest BCUT2D eigenvalue weighted by atomic mass is 32.1. The third-order valence-corrected chi connectivity index (χ3v) is 3.43. The van der Waals surface area contributed by atoms with Gasteiger partial charge in [0.15, 0.2) is 17.4 Å². The lowest BCUT2D eigenvalue weighted by atomic mass is 10.0. The lowest BCUT2D eigenvalue weighted by Crippen LogP contribution is -2.14. The fourth-order valence-electron chi connectivity index (χ4n) is 1.84.